The summed E-state index contributed by atoms with van der Waals surface area (Å²) in [6, 6.07) is 16.7. The monoisotopic (exact) mass is 394 g/mol. The minimum absolute atomic E-state index is 0.115. The van der Waals surface area contributed by atoms with Gasteiger partial charge in [0.2, 0.25) is 5.13 Å². The third-order valence-electron chi connectivity index (χ3n) is 3.99. The minimum atomic E-state index is -0.280. The number of aryl methyl sites for hydroxylation is 1. The summed E-state index contributed by atoms with van der Waals surface area (Å²) < 4.78 is 13.3. The first kappa shape index (κ1) is 18.0. The molecule has 0 fully saturated rings. The van der Waals surface area contributed by atoms with E-state index in [1.165, 1.54) is 11.3 Å². The number of carbonyl (C=O) groups excluding carboxylic acids is 1. The van der Waals surface area contributed by atoms with Crippen LogP contribution in [-0.2, 0) is 4.79 Å². The highest BCUT2D eigenvalue weighted by Gasteiger charge is 2.14. The highest BCUT2D eigenvalue weighted by atomic mass is 32.1. The standard InChI is InChI=1S/C20H18N4O3S/c1-13-11-18(22-19(25)12-27-15-9-7-14(26-2)8-10-15)24(23-13)20-21-16-5-3-4-6-17(16)28-20/h3-11H,12H2,1-2H3,(H,22,25). The van der Waals surface area contributed by atoms with Gasteiger partial charge >= 0.3 is 0 Å². The van der Waals surface area contributed by atoms with Crippen LogP contribution in [0.5, 0.6) is 11.5 Å². The van der Waals surface area contributed by atoms with Gasteiger partial charge in [0, 0.05) is 6.07 Å². The first-order chi connectivity index (χ1) is 13.6. The van der Waals surface area contributed by atoms with E-state index < -0.39 is 0 Å². The molecule has 0 bridgehead atoms. The minimum Gasteiger partial charge on any atom is -0.497 e. The first-order valence-electron chi connectivity index (χ1n) is 8.62. The SMILES string of the molecule is COc1ccc(OCC(=O)Nc2cc(C)nn2-c2nc3ccccc3s2)cc1. The number of methoxy groups -OCH3 is 1. The lowest BCUT2D eigenvalue weighted by molar-refractivity contribution is -0.118. The summed E-state index contributed by atoms with van der Waals surface area (Å²) >= 11 is 1.51. The highest BCUT2D eigenvalue weighted by molar-refractivity contribution is 7.20. The zero-order chi connectivity index (χ0) is 19.5. The van der Waals surface area contributed by atoms with Gasteiger partial charge in [-0.15, -0.1) is 0 Å². The molecule has 1 N–H and O–H groups in total. The van der Waals surface area contributed by atoms with Crippen LogP contribution in [0.3, 0.4) is 0 Å². The Bertz CT molecular complexity index is 1090. The number of nitrogens with one attached hydrogen (secondary N) is 1. The average molecular weight is 394 g/mol. The molecule has 1 amide bonds. The first-order valence-corrected chi connectivity index (χ1v) is 9.43. The molecule has 0 aliphatic carbocycles. The summed E-state index contributed by atoms with van der Waals surface area (Å²) in [5.41, 5.74) is 1.68. The van der Waals surface area contributed by atoms with Crippen molar-refractivity contribution in [3.8, 4) is 16.6 Å². The fourth-order valence-corrected chi connectivity index (χ4v) is 3.62. The Kier molecular flexibility index (Phi) is 4.94. The number of hydrogen-bond acceptors (Lipinski definition) is 6. The van der Waals surface area contributed by atoms with Gasteiger partial charge in [-0.05, 0) is 43.3 Å². The van der Waals surface area contributed by atoms with Crippen LogP contribution in [0.4, 0.5) is 5.82 Å². The number of carbonyl (C=O) groups is 1. The average Bonchev–Trinajstić information content (AvgIpc) is 3.29. The Labute approximate surface area is 165 Å². The lowest BCUT2D eigenvalue weighted by atomic mass is 10.3. The van der Waals surface area contributed by atoms with Gasteiger partial charge < -0.3 is 14.8 Å². The molecular formula is C20H18N4O3S. The summed E-state index contributed by atoms with van der Waals surface area (Å²) in [5.74, 6) is 1.59. The van der Waals surface area contributed by atoms with E-state index in [-0.39, 0.29) is 12.5 Å². The number of amides is 1. The molecule has 8 heteroatoms. The van der Waals surface area contributed by atoms with Gasteiger partial charge in [-0.1, -0.05) is 23.5 Å². The number of hydrogen-bond donors (Lipinski definition) is 1. The van der Waals surface area contributed by atoms with Gasteiger partial charge in [0.25, 0.3) is 5.91 Å². The topological polar surface area (TPSA) is 78.3 Å². The Balaban J connectivity index is 1.47. The van der Waals surface area contributed by atoms with Crippen molar-refractivity contribution in [2.45, 2.75) is 6.92 Å². The van der Waals surface area contributed by atoms with E-state index in [1.54, 1.807) is 42.1 Å². The summed E-state index contributed by atoms with van der Waals surface area (Å²) in [4.78, 5) is 17.0. The van der Waals surface area contributed by atoms with E-state index in [1.807, 2.05) is 31.2 Å². The van der Waals surface area contributed by atoms with Crippen molar-refractivity contribution in [1.29, 1.82) is 0 Å². The smallest absolute Gasteiger partial charge is 0.263 e. The zero-order valence-electron chi connectivity index (χ0n) is 15.4. The molecule has 2 heterocycles. The van der Waals surface area contributed by atoms with Crippen molar-refractivity contribution in [1.82, 2.24) is 14.8 Å². The predicted molar refractivity (Wildman–Crippen MR) is 109 cm³/mol. The van der Waals surface area contributed by atoms with Crippen LogP contribution in [0.1, 0.15) is 5.69 Å². The van der Waals surface area contributed by atoms with Gasteiger partial charge in [-0.3, -0.25) is 4.79 Å². The third kappa shape index (κ3) is 3.81. The van der Waals surface area contributed by atoms with Crippen molar-refractivity contribution in [2.24, 2.45) is 0 Å². The second kappa shape index (κ2) is 7.69. The maximum Gasteiger partial charge on any atom is 0.263 e. The molecule has 142 valence electrons. The van der Waals surface area contributed by atoms with Crippen LogP contribution in [0.25, 0.3) is 15.3 Å². The van der Waals surface area contributed by atoms with Crippen molar-refractivity contribution in [3.05, 3.63) is 60.3 Å². The van der Waals surface area contributed by atoms with Crippen LogP contribution in [0.15, 0.2) is 54.6 Å². The molecule has 0 spiro atoms. The second-order valence-corrected chi connectivity index (χ2v) is 7.07. The van der Waals surface area contributed by atoms with Crippen molar-refractivity contribution >= 4 is 33.3 Å². The number of para-hydroxylation sites is 1. The number of anilines is 1. The summed E-state index contributed by atoms with van der Waals surface area (Å²) in [5, 5.41) is 8.00. The van der Waals surface area contributed by atoms with Gasteiger partial charge in [0.15, 0.2) is 6.61 Å². The largest absolute Gasteiger partial charge is 0.497 e. The molecule has 0 radical (unpaired) electrons. The van der Waals surface area contributed by atoms with E-state index >= 15 is 0 Å². The van der Waals surface area contributed by atoms with Crippen LogP contribution in [0.2, 0.25) is 0 Å². The Hall–Kier alpha value is -3.39. The highest BCUT2D eigenvalue weighted by Crippen LogP contribution is 2.27. The molecule has 4 aromatic rings. The summed E-state index contributed by atoms with van der Waals surface area (Å²) in [6.07, 6.45) is 0. The number of nitrogens with zero attached hydrogens (tertiary/aromatic N) is 3. The van der Waals surface area contributed by atoms with E-state index in [0.29, 0.717) is 16.7 Å². The van der Waals surface area contributed by atoms with Gasteiger partial charge in [0.05, 0.1) is 23.0 Å². The summed E-state index contributed by atoms with van der Waals surface area (Å²) in [7, 11) is 1.60. The van der Waals surface area contributed by atoms with Crippen LogP contribution in [0, 0.1) is 6.92 Å². The van der Waals surface area contributed by atoms with Crippen LogP contribution >= 0.6 is 11.3 Å². The van der Waals surface area contributed by atoms with Gasteiger partial charge in [-0.25, -0.2) is 4.98 Å². The molecule has 28 heavy (non-hydrogen) atoms. The molecule has 0 saturated heterocycles. The van der Waals surface area contributed by atoms with Crippen molar-refractivity contribution < 1.29 is 14.3 Å². The summed E-state index contributed by atoms with van der Waals surface area (Å²) in [6.45, 7) is 1.75. The molecular weight excluding hydrogens is 376 g/mol. The molecule has 0 aliphatic rings. The van der Waals surface area contributed by atoms with Gasteiger partial charge in [0.1, 0.15) is 17.3 Å². The number of benzene rings is 2. The van der Waals surface area contributed by atoms with Gasteiger partial charge in [-0.2, -0.15) is 9.78 Å². The molecule has 4 rings (SSSR count). The maximum atomic E-state index is 12.4. The van der Waals surface area contributed by atoms with E-state index in [2.05, 4.69) is 15.4 Å². The molecule has 0 saturated carbocycles. The Morgan fingerprint density at radius 2 is 1.89 bits per heavy atom. The van der Waals surface area contributed by atoms with E-state index in [4.69, 9.17) is 9.47 Å². The number of fused-ring (bicyclic) bond motifs is 1. The van der Waals surface area contributed by atoms with Crippen molar-refractivity contribution in [2.75, 3.05) is 19.0 Å². The molecule has 2 aromatic carbocycles. The van der Waals surface area contributed by atoms with Crippen molar-refractivity contribution in [3.63, 3.8) is 0 Å². The molecule has 0 aliphatic heterocycles. The van der Waals surface area contributed by atoms with Crippen LogP contribution in [-0.4, -0.2) is 34.4 Å². The lowest BCUT2D eigenvalue weighted by Crippen LogP contribution is -2.21. The fraction of sp³-hybridized carbons (Fsp3) is 0.150. The molecule has 0 unspecified atom stereocenters. The number of rotatable bonds is 6. The van der Waals surface area contributed by atoms with Crippen LogP contribution < -0.4 is 14.8 Å². The number of ether oxygens (including phenoxy) is 2. The van der Waals surface area contributed by atoms with E-state index in [0.717, 1.165) is 21.7 Å². The number of aromatic nitrogens is 3. The molecule has 7 nitrogen and oxygen atoms in total. The normalized spacial score (nSPS) is 10.8. The maximum absolute atomic E-state index is 12.4. The Morgan fingerprint density at radius 1 is 1.14 bits per heavy atom. The molecule has 0 atom stereocenters. The Morgan fingerprint density at radius 3 is 2.64 bits per heavy atom. The fourth-order valence-electron chi connectivity index (χ4n) is 2.68. The molecule has 2 aromatic heterocycles. The number of thiazole rings is 1. The zero-order valence-corrected chi connectivity index (χ0v) is 16.2. The second-order valence-electron chi connectivity index (χ2n) is 6.06. The van der Waals surface area contributed by atoms with E-state index in [9.17, 15) is 4.79 Å². The lowest BCUT2D eigenvalue weighted by Gasteiger charge is -2.08. The third-order valence-corrected chi connectivity index (χ3v) is 5.00. The predicted octanol–water partition coefficient (Wildman–Crippen LogP) is 3.82. The quantitative estimate of drug-likeness (QED) is 0.538.